The first-order chi connectivity index (χ1) is 12.3. The van der Waals surface area contributed by atoms with Crippen LogP contribution in [-0.2, 0) is 0 Å². The van der Waals surface area contributed by atoms with Crippen LogP contribution in [0.15, 0.2) is 30.3 Å². The summed E-state index contributed by atoms with van der Waals surface area (Å²) in [4.78, 5) is 2.74. The lowest BCUT2D eigenvalue weighted by atomic mass is 9.67. The van der Waals surface area contributed by atoms with E-state index >= 15 is 0 Å². The second-order valence-electron chi connectivity index (χ2n) is 8.43. The molecule has 134 valence electrons. The molecule has 25 heavy (non-hydrogen) atoms. The van der Waals surface area contributed by atoms with E-state index in [0.29, 0.717) is 0 Å². The Morgan fingerprint density at radius 3 is 2.44 bits per heavy atom. The van der Waals surface area contributed by atoms with Crippen LogP contribution >= 0.6 is 0 Å². The zero-order chi connectivity index (χ0) is 17.1. The van der Waals surface area contributed by atoms with Gasteiger partial charge in [-0.15, -0.1) is 0 Å². The van der Waals surface area contributed by atoms with Gasteiger partial charge in [0.15, 0.2) is 0 Å². The molecule has 0 spiro atoms. The van der Waals surface area contributed by atoms with Gasteiger partial charge in [-0.3, -0.25) is 4.90 Å². The SMILES string of the molecule is N#CC1(Nc2ccccc2)CCN([C@H]2CCC[C@@H]3CCCC[C@@H]32)CC1. The molecule has 2 aliphatic carbocycles. The van der Waals surface area contributed by atoms with Gasteiger partial charge in [0.2, 0.25) is 0 Å². The number of hydrogen-bond donors (Lipinski definition) is 1. The number of hydrogen-bond acceptors (Lipinski definition) is 3. The molecule has 3 aliphatic rings. The van der Waals surface area contributed by atoms with Crippen LogP contribution in [0, 0.1) is 23.2 Å². The predicted octanol–water partition coefficient (Wildman–Crippen LogP) is 4.82. The minimum Gasteiger partial charge on any atom is -0.367 e. The molecule has 1 saturated heterocycles. The number of fused-ring (bicyclic) bond motifs is 1. The monoisotopic (exact) mass is 337 g/mol. The van der Waals surface area contributed by atoms with Crippen LogP contribution in [0.4, 0.5) is 5.69 Å². The summed E-state index contributed by atoms with van der Waals surface area (Å²) in [7, 11) is 0. The number of para-hydroxylation sites is 1. The van der Waals surface area contributed by atoms with E-state index < -0.39 is 5.54 Å². The molecule has 1 N–H and O–H groups in total. The molecule has 0 unspecified atom stereocenters. The predicted molar refractivity (Wildman–Crippen MR) is 102 cm³/mol. The fourth-order valence-electron chi connectivity index (χ4n) is 5.66. The highest BCUT2D eigenvalue weighted by Gasteiger charge is 2.42. The first-order valence-corrected chi connectivity index (χ1v) is 10.3. The van der Waals surface area contributed by atoms with Crippen molar-refractivity contribution in [3.8, 4) is 6.07 Å². The van der Waals surface area contributed by atoms with E-state index in [1.807, 2.05) is 18.2 Å². The first kappa shape index (κ1) is 16.9. The lowest BCUT2D eigenvalue weighted by Crippen LogP contribution is -2.54. The Kier molecular flexibility index (Phi) is 4.99. The number of likely N-dealkylation sites (tertiary alicyclic amines) is 1. The Hall–Kier alpha value is -1.53. The molecule has 0 radical (unpaired) electrons. The number of benzene rings is 1. The van der Waals surface area contributed by atoms with E-state index in [1.54, 1.807) is 0 Å². The van der Waals surface area contributed by atoms with Crippen molar-refractivity contribution in [1.29, 1.82) is 5.26 Å². The third-order valence-electron chi connectivity index (χ3n) is 7.03. The average Bonchev–Trinajstić information content (AvgIpc) is 2.69. The number of rotatable bonds is 3. The van der Waals surface area contributed by atoms with Gasteiger partial charge in [-0.1, -0.05) is 50.3 Å². The smallest absolute Gasteiger partial charge is 0.127 e. The second-order valence-corrected chi connectivity index (χ2v) is 8.43. The summed E-state index contributed by atoms with van der Waals surface area (Å²) in [6, 6.07) is 13.6. The van der Waals surface area contributed by atoms with E-state index in [9.17, 15) is 5.26 Å². The Balaban J connectivity index is 1.41. The third kappa shape index (κ3) is 3.55. The third-order valence-corrected chi connectivity index (χ3v) is 7.03. The van der Waals surface area contributed by atoms with Crippen molar-refractivity contribution in [2.24, 2.45) is 11.8 Å². The van der Waals surface area contributed by atoms with E-state index in [-0.39, 0.29) is 0 Å². The molecule has 1 aliphatic heterocycles. The maximum absolute atomic E-state index is 9.86. The number of nitrogens with one attached hydrogen (secondary N) is 1. The van der Waals surface area contributed by atoms with Crippen molar-refractivity contribution in [1.82, 2.24) is 4.90 Å². The molecule has 3 nitrogen and oxygen atoms in total. The molecule has 1 aromatic rings. The van der Waals surface area contributed by atoms with Crippen LogP contribution in [0.25, 0.3) is 0 Å². The number of nitrogens with zero attached hydrogens (tertiary/aromatic N) is 2. The van der Waals surface area contributed by atoms with Crippen LogP contribution in [0.2, 0.25) is 0 Å². The van der Waals surface area contributed by atoms with Crippen molar-refractivity contribution in [3.05, 3.63) is 30.3 Å². The van der Waals surface area contributed by atoms with E-state index in [0.717, 1.165) is 49.5 Å². The van der Waals surface area contributed by atoms with Crippen molar-refractivity contribution >= 4 is 5.69 Å². The number of anilines is 1. The Morgan fingerprint density at radius 1 is 0.960 bits per heavy atom. The molecular weight excluding hydrogens is 306 g/mol. The number of nitriles is 1. The summed E-state index contributed by atoms with van der Waals surface area (Å²) in [6.45, 7) is 2.14. The van der Waals surface area contributed by atoms with E-state index in [4.69, 9.17) is 0 Å². The molecular formula is C22H31N3. The van der Waals surface area contributed by atoms with Gasteiger partial charge in [-0.25, -0.2) is 0 Å². The quantitative estimate of drug-likeness (QED) is 0.860. The van der Waals surface area contributed by atoms with Crippen LogP contribution in [0.1, 0.15) is 57.8 Å². The van der Waals surface area contributed by atoms with Crippen LogP contribution in [-0.4, -0.2) is 29.6 Å². The maximum Gasteiger partial charge on any atom is 0.127 e. The highest BCUT2D eigenvalue weighted by Crippen LogP contribution is 2.43. The second kappa shape index (κ2) is 7.38. The summed E-state index contributed by atoms with van der Waals surface area (Å²) >= 11 is 0. The molecule has 0 amide bonds. The van der Waals surface area contributed by atoms with Crippen LogP contribution < -0.4 is 5.32 Å². The van der Waals surface area contributed by atoms with Gasteiger partial charge in [0.1, 0.15) is 5.54 Å². The fourth-order valence-corrected chi connectivity index (χ4v) is 5.66. The highest BCUT2D eigenvalue weighted by atomic mass is 15.2. The van der Waals surface area contributed by atoms with Crippen LogP contribution in [0.5, 0.6) is 0 Å². The first-order valence-electron chi connectivity index (χ1n) is 10.3. The zero-order valence-corrected chi connectivity index (χ0v) is 15.3. The van der Waals surface area contributed by atoms with Gasteiger partial charge < -0.3 is 5.32 Å². The van der Waals surface area contributed by atoms with Crippen molar-refractivity contribution in [2.75, 3.05) is 18.4 Å². The summed E-state index contributed by atoms with van der Waals surface area (Å²) < 4.78 is 0. The van der Waals surface area contributed by atoms with E-state index in [2.05, 4.69) is 28.4 Å². The maximum atomic E-state index is 9.86. The molecule has 0 aromatic heterocycles. The molecule has 0 bridgehead atoms. The molecule has 1 heterocycles. The van der Waals surface area contributed by atoms with E-state index in [1.165, 1.54) is 44.9 Å². The molecule has 2 saturated carbocycles. The van der Waals surface area contributed by atoms with Gasteiger partial charge >= 0.3 is 0 Å². The van der Waals surface area contributed by atoms with Crippen molar-refractivity contribution in [3.63, 3.8) is 0 Å². The molecule has 4 rings (SSSR count). The molecule has 3 heteroatoms. The van der Waals surface area contributed by atoms with Gasteiger partial charge in [-0.05, 0) is 49.7 Å². The lowest BCUT2D eigenvalue weighted by molar-refractivity contribution is 0.0240. The Morgan fingerprint density at radius 2 is 1.68 bits per heavy atom. The minimum atomic E-state index is -0.390. The standard InChI is InChI=1S/C22H31N3/c23-17-22(24-19-9-2-1-3-10-19)13-15-25(16-14-22)21-12-6-8-18-7-4-5-11-20(18)21/h1-3,9-10,18,20-21,24H,4-8,11-16H2/t18-,20-,21-/m0/s1. The van der Waals surface area contributed by atoms with Gasteiger partial charge in [-0.2, -0.15) is 5.26 Å². The fraction of sp³-hybridized carbons (Fsp3) is 0.682. The molecule has 3 fully saturated rings. The Bertz CT molecular complexity index is 595. The van der Waals surface area contributed by atoms with Gasteiger partial charge in [0.25, 0.3) is 0 Å². The van der Waals surface area contributed by atoms with Crippen LogP contribution in [0.3, 0.4) is 0 Å². The summed E-state index contributed by atoms with van der Waals surface area (Å²) in [5, 5.41) is 13.4. The summed E-state index contributed by atoms with van der Waals surface area (Å²) in [6.07, 6.45) is 11.9. The molecule has 3 atom stereocenters. The zero-order valence-electron chi connectivity index (χ0n) is 15.3. The summed E-state index contributed by atoms with van der Waals surface area (Å²) in [5.41, 5.74) is 0.681. The lowest BCUT2D eigenvalue weighted by Gasteiger charge is -2.49. The Labute approximate surface area is 152 Å². The summed E-state index contributed by atoms with van der Waals surface area (Å²) in [5.74, 6) is 1.91. The normalized spacial score (nSPS) is 32.4. The highest BCUT2D eigenvalue weighted by molar-refractivity contribution is 5.47. The largest absolute Gasteiger partial charge is 0.367 e. The topological polar surface area (TPSA) is 39.1 Å². The van der Waals surface area contributed by atoms with Crippen molar-refractivity contribution < 1.29 is 0 Å². The van der Waals surface area contributed by atoms with Gasteiger partial charge in [0, 0.05) is 24.8 Å². The average molecular weight is 338 g/mol. The minimum absolute atomic E-state index is 0.390. The molecule has 1 aromatic carbocycles. The number of piperidine rings is 1. The van der Waals surface area contributed by atoms with Crippen molar-refractivity contribution in [2.45, 2.75) is 69.4 Å². The van der Waals surface area contributed by atoms with Gasteiger partial charge in [0.05, 0.1) is 6.07 Å².